The van der Waals surface area contributed by atoms with Crippen LogP contribution in [0.25, 0.3) is 10.9 Å². The zero-order valence-electron chi connectivity index (χ0n) is 15.5. The summed E-state index contributed by atoms with van der Waals surface area (Å²) in [4.78, 5) is 0.841. The van der Waals surface area contributed by atoms with Crippen molar-refractivity contribution in [3.05, 3.63) is 48.2 Å². The largest absolute Gasteiger partial charge is 0.495 e. The van der Waals surface area contributed by atoms with Gasteiger partial charge >= 0.3 is 6.18 Å². The molecule has 0 bridgehead atoms. The average molecular weight is 420 g/mol. The molecule has 0 spiro atoms. The van der Waals surface area contributed by atoms with Crippen LogP contribution in [0.1, 0.15) is 5.69 Å². The Labute approximate surface area is 170 Å². The highest BCUT2D eigenvalue weighted by molar-refractivity contribution is 7.97. The van der Waals surface area contributed by atoms with Crippen molar-refractivity contribution in [1.82, 2.24) is 4.57 Å². The van der Waals surface area contributed by atoms with Crippen LogP contribution >= 0.6 is 11.9 Å². The van der Waals surface area contributed by atoms with Crippen LogP contribution in [-0.4, -0.2) is 24.4 Å². The molecule has 0 aliphatic carbocycles. The second-order valence-corrected chi connectivity index (χ2v) is 6.85. The van der Waals surface area contributed by atoms with Crippen LogP contribution in [0.5, 0.6) is 5.75 Å². The molecule has 0 amide bonds. The van der Waals surface area contributed by atoms with Gasteiger partial charge in [0.15, 0.2) is 0 Å². The molecule has 1 heterocycles. The first kappa shape index (κ1) is 20.8. The van der Waals surface area contributed by atoms with Gasteiger partial charge in [-0.25, -0.2) is 0 Å². The van der Waals surface area contributed by atoms with Crippen LogP contribution < -0.4 is 20.9 Å². The quantitative estimate of drug-likeness (QED) is 0.327. The highest BCUT2D eigenvalue weighted by atomic mass is 32.2. The van der Waals surface area contributed by atoms with Gasteiger partial charge in [-0.15, -0.1) is 0 Å². The molecule has 3 rings (SSSR count). The Bertz CT molecular complexity index is 1080. The smallest absolute Gasteiger partial charge is 0.406 e. The third kappa shape index (κ3) is 4.91. The van der Waals surface area contributed by atoms with Gasteiger partial charge in [0.25, 0.3) is 0 Å². The van der Waals surface area contributed by atoms with E-state index in [-0.39, 0.29) is 12.2 Å². The van der Waals surface area contributed by atoms with Crippen molar-refractivity contribution in [1.29, 1.82) is 0 Å². The minimum Gasteiger partial charge on any atom is -0.495 e. The number of nitrogens with zero attached hydrogens (tertiary/aromatic N) is 1. The topological polar surface area (TPSA) is 78.2 Å². The molecule has 3 aromatic rings. The highest BCUT2D eigenvalue weighted by Crippen LogP contribution is 2.29. The molecule has 5 N–H and O–H groups in total. The summed E-state index contributed by atoms with van der Waals surface area (Å²) in [7, 11) is 1.54. The number of anilines is 2. The fraction of sp³-hybridized carbons (Fsp3) is 0.200. The molecule has 1 aromatic heterocycles. The minimum atomic E-state index is -4.37. The van der Waals surface area contributed by atoms with Crippen molar-refractivity contribution in [2.45, 2.75) is 17.6 Å². The highest BCUT2D eigenvalue weighted by Gasteiger charge is 2.29. The molecule has 0 aliphatic rings. The molecule has 29 heavy (non-hydrogen) atoms. The average Bonchev–Trinajstić information content (AvgIpc) is 3.02. The summed E-state index contributed by atoms with van der Waals surface area (Å²) in [6.45, 7) is -0.919. The van der Waals surface area contributed by atoms with Crippen molar-refractivity contribution in [3.8, 4) is 17.6 Å². The normalized spacial score (nSPS) is 11.2. The SMILES string of the molecule is COc1cc(SN)ccc1NCC#Cc1cc2c(N)cccc2n1CC(F)(F)F. The number of aromatic nitrogens is 1. The summed E-state index contributed by atoms with van der Waals surface area (Å²) in [5, 5.41) is 9.18. The van der Waals surface area contributed by atoms with E-state index in [1.165, 1.54) is 7.11 Å². The lowest BCUT2D eigenvalue weighted by molar-refractivity contribution is -0.140. The van der Waals surface area contributed by atoms with Gasteiger partial charge in [-0.3, -0.25) is 5.14 Å². The second kappa shape index (κ2) is 8.59. The van der Waals surface area contributed by atoms with Crippen LogP contribution in [-0.2, 0) is 6.54 Å². The van der Waals surface area contributed by atoms with Gasteiger partial charge in [0.2, 0.25) is 0 Å². The number of rotatable bonds is 5. The predicted molar refractivity (Wildman–Crippen MR) is 111 cm³/mol. The minimum absolute atomic E-state index is 0.217. The van der Waals surface area contributed by atoms with Gasteiger partial charge in [-0.05, 0) is 54.3 Å². The second-order valence-electron chi connectivity index (χ2n) is 6.15. The number of fused-ring (bicyclic) bond motifs is 1. The number of halogens is 3. The maximum atomic E-state index is 13.0. The van der Waals surface area contributed by atoms with Crippen molar-refractivity contribution in [3.63, 3.8) is 0 Å². The number of ether oxygens (including phenoxy) is 1. The standard InChI is InChI=1S/C20H19F3N4OS/c1-28-19-11-14(29-25)7-8-17(19)26-9-3-4-13-10-15-16(24)5-2-6-18(15)27(13)12-20(21,22)23/h2,5-8,10-11,26H,9,12,24-25H2,1H3. The molecular weight excluding hydrogens is 401 g/mol. The van der Waals surface area contributed by atoms with E-state index in [1.807, 2.05) is 6.07 Å². The van der Waals surface area contributed by atoms with Gasteiger partial charge in [-0.2, -0.15) is 13.2 Å². The number of nitrogens with two attached hydrogens (primary N) is 2. The van der Waals surface area contributed by atoms with E-state index in [2.05, 4.69) is 17.2 Å². The van der Waals surface area contributed by atoms with E-state index < -0.39 is 12.7 Å². The number of methoxy groups -OCH3 is 1. The Hall–Kier alpha value is -2.96. The third-order valence-corrected chi connectivity index (χ3v) is 4.74. The van der Waals surface area contributed by atoms with E-state index >= 15 is 0 Å². The van der Waals surface area contributed by atoms with Crippen LogP contribution in [0.15, 0.2) is 47.4 Å². The number of hydrogen-bond donors (Lipinski definition) is 3. The van der Waals surface area contributed by atoms with Crippen molar-refractivity contribution >= 4 is 34.2 Å². The number of nitrogens with one attached hydrogen (secondary N) is 1. The number of alkyl halides is 3. The maximum Gasteiger partial charge on any atom is 0.406 e. The Morgan fingerprint density at radius 1 is 1.21 bits per heavy atom. The number of nitrogen functional groups attached to an aromatic ring is 1. The predicted octanol–water partition coefficient (Wildman–Crippen LogP) is 4.22. The van der Waals surface area contributed by atoms with Crippen LogP contribution in [0.3, 0.4) is 0 Å². The van der Waals surface area contributed by atoms with Gasteiger partial charge < -0.3 is 20.4 Å². The van der Waals surface area contributed by atoms with Crippen LogP contribution in [0.4, 0.5) is 24.5 Å². The van der Waals surface area contributed by atoms with Crippen molar-refractivity contribution in [2.75, 3.05) is 24.7 Å². The molecular formula is C20H19F3N4OS. The van der Waals surface area contributed by atoms with E-state index in [0.29, 0.717) is 28.0 Å². The van der Waals surface area contributed by atoms with E-state index in [0.717, 1.165) is 21.4 Å². The lowest BCUT2D eigenvalue weighted by Gasteiger charge is -2.11. The zero-order valence-corrected chi connectivity index (χ0v) is 16.3. The fourth-order valence-electron chi connectivity index (χ4n) is 2.93. The Balaban J connectivity index is 1.85. The fourth-order valence-corrected chi connectivity index (χ4v) is 3.25. The molecule has 152 valence electrons. The van der Waals surface area contributed by atoms with Gasteiger partial charge in [0.05, 0.1) is 30.6 Å². The number of hydrogen-bond acceptors (Lipinski definition) is 5. The van der Waals surface area contributed by atoms with Gasteiger partial charge in [-0.1, -0.05) is 12.0 Å². The summed E-state index contributed by atoms with van der Waals surface area (Å²) in [6, 6.07) is 11.9. The first-order chi connectivity index (χ1) is 13.8. The summed E-state index contributed by atoms with van der Waals surface area (Å²) in [5.41, 5.74) is 7.67. The third-order valence-electron chi connectivity index (χ3n) is 4.21. The molecule has 0 saturated carbocycles. The summed E-state index contributed by atoms with van der Waals surface area (Å²) in [5.74, 6) is 6.27. The Morgan fingerprint density at radius 3 is 2.69 bits per heavy atom. The Kier molecular flexibility index (Phi) is 6.15. The van der Waals surface area contributed by atoms with Gasteiger partial charge in [0.1, 0.15) is 12.3 Å². The molecule has 0 aliphatic heterocycles. The number of benzene rings is 2. The molecule has 0 atom stereocenters. The van der Waals surface area contributed by atoms with Gasteiger partial charge in [0, 0.05) is 16.0 Å². The molecule has 0 saturated heterocycles. The lowest BCUT2D eigenvalue weighted by atomic mass is 10.2. The molecule has 9 heteroatoms. The van der Waals surface area contributed by atoms with Crippen LogP contribution in [0, 0.1) is 11.8 Å². The lowest BCUT2D eigenvalue weighted by Crippen LogP contribution is -2.18. The van der Waals surface area contributed by atoms with Crippen molar-refractivity contribution in [2.24, 2.45) is 5.14 Å². The molecule has 0 unspecified atom stereocenters. The monoisotopic (exact) mass is 420 g/mol. The summed E-state index contributed by atoms with van der Waals surface area (Å²) < 4.78 is 45.6. The van der Waals surface area contributed by atoms with Crippen LogP contribution in [0.2, 0.25) is 0 Å². The summed E-state index contributed by atoms with van der Waals surface area (Å²) >= 11 is 1.10. The van der Waals surface area contributed by atoms with E-state index in [1.54, 1.807) is 36.4 Å². The van der Waals surface area contributed by atoms with E-state index in [4.69, 9.17) is 15.6 Å². The molecule has 0 radical (unpaired) electrons. The maximum absolute atomic E-state index is 13.0. The van der Waals surface area contributed by atoms with E-state index in [9.17, 15) is 13.2 Å². The first-order valence-electron chi connectivity index (χ1n) is 8.54. The Morgan fingerprint density at radius 2 is 2.00 bits per heavy atom. The zero-order chi connectivity index (χ0) is 21.0. The molecule has 5 nitrogen and oxygen atoms in total. The van der Waals surface area contributed by atoms with Crippen molar-refractivity contribution < 1.29 is 17.9 Å². The molecule has 0 fully saturated rings. The molecule has 2 aromatic carbocycles. The first-order valence-corrected chi connectivity index (χ1v) is 9.42. The summed E-state index contributed by atoms with van der Waals surface area (Å²) in [6.07, 6.45) is -4.37.